The highest BCUT2D eigenvalue weighted by Crippen LogP contribution is 2.29. The van der Waals surface area contributed by atoms with Crippen LogP contribution in [0.2, 0.25) is 0 Å². The summed E-state index contributed by atoms with van der Waals surface area (Å²) >= 11 is 0. The number of hydrogen-bond acceptors (Lipinski definition) is 3. The topological polar surface area (TPSA) is 24.5 Å². The molecule has 1 aromatic carbocycles. The highest BCUT2D eigenvalue weighted by atomic mass is 16.5. The van der Waals surface area contributed by atoms with Crippen molar-refractivity contribution in [2.45, 2.75) is 32.3 Å². The van der Waals surface area contributed by atoms with Crippen molar-refractivity contribution in [2.24, 2.45) is 5.92 Å². The van der Waals surface area contributed by atoms with Crippen molar-refractivity contribution < 1.29 is 4.74 Å². The first-order valence-electron chi connectivity index (χ1n) is 8.02. The third-order valence-corrected chi connectivity index (χ3v) is 4.57. The third kappa shape index (κ3) is 3.33. The molecule has 1 saturated heterocycles. The molecule has 2 heterocycles. The number of ether oxygens (including phenoxy) is 1. The van der Waals surface area contributed by atoms with Gasteiger partial charge in [-0.25, -0.2) is 0 Å². The lowest BCUT2D eigenvalue weighted by atomic mass is 9.96. The van der Waals surface area contributed by atoms with Gasteiger partial charge in [-0.1, -0.05) is 25.1 Å². The molecule has 1 aromatic rings. The minimum atomic E-state index is 0.359. The molecule has 0 bridgehead atoms. The summed E-state index contributed by atoms with van der Waals surface area (Å²) < 4.78 is 6.05. The second-order valence-corrected chi connectivity index (χ2v) is 6.10. The van der Waals surface area contributed by atoms with E-state index >= 15 is 0 Å². The Kier molecular flexibility index (Phi) is 4.58. The minimum Gasteiger partial charge on any atom is -0.488 e. The molecule has 0 spiro atoms. The number of hydrogen-bond donors (Lipinski definition) is 1. The van der Waals surface area contributed by atoms with Crippen LogP contribution >= 0.6 is 0 Å². The Morgan fingerprint density at radius 2 is 2.05 bits per heavy atom. The molecule has 0 saturated carbocycles. The first kappa shape index (κ1) is 13.9. The highest BCUT2D eigenvalue weighted by Gasteiger charge is 2.26. The molecule has 0 radical (unpaired) electrons. The molecule has 1 fully saturated rings. The Bertz CT molecular complexity index is 402. The van der Waals surface area contributed by atoms with Crippen LogP contribution in [-0.2, 0) is 6.42 Å². The lowest BCUT2D eigenvalue weighted by molar-refractivity contribution is 0.116. The predicted molar refractivity (Wildman–Crippen MR) is 82.3 cm³/mol. The van der Waals surface area contributed by atoms with Crippen LogP contribution in [0.4, 0.5) is 0 Å². The van der Waals surface area contributed by atoms with Crippen molar-refractivity contribution in [1.82, 2.24) is 10.2 Å². The van der Waals surface area contributed by atoms with Gasteiger partial charge in [0, 0.05) is 13.0 Å². The van der Waals surface area contributed by atoms with E-state index < -0.39 is 0 Å². The molecule has 1 N–H and O–H groups in total. The van der Waals surface area contributed by atoms with Crippen LogP contribution in [0.1, 0.15) is 25.3 Å². The van der Waals surface area contributed by atoms with E-state index in [0.717, 1.165) is 31.2 Å². The average Bonchev–Trinajstić information content (AvgIpc) is 2.89. The molecular weight excluding hydrogens is 248 g/mol. The Morgan fingerprint density at radius 3 is 2.80 bits per heavy atom. The second-order valence-electron chi connectivity index (χ2n) is 6.10. The van der Waals surface area contributed by atoms with Gasteiger partial charge in [0.25, 0.3) is 0 Å². The SMILES string of the molecule is CCNCC1CCN(CC2Cc3ccccc3O2)CC1. The molecule has 0 aromatic heterocycles. The van der Waals surface area contributed by atoms with E-state index in [-0.39, 0.29) is 0 Å². The van der Waals surface area contributed by atoms with Gasteiger partial charge in [0.1, 0.15) is 11.9 Å². The van der Waals surface area contributed by atoms with Crippen molar-refractivity contribution in [3.05, 3.63) is 29.8 Å². The Hall–Kier alpha value is -1.06. The fraction of sp³-hybridized carbons (Fsp3) is 0.647. The van der Waals surface area contributed by atoms with E-state index in [9.17, 15) is 0 Å². The number of fused-ring (bicyclic) bond motifs is 1. The van der Waals surface area contributed by atoms with Crippen LogP contribution in [0.3, 0.4) is 0 Å². The fourth-order valence-electron chi connectivity index (χ4n) is 3.37. The molecular formula is C17H26N2O. The van der Waals surface area contributed by atoms with Gasteiger partial charge >= 0.3 is 0 Å². The molecule has 3 heteroatoms. The van der Waals surface area contributed by atoms with Gasteiger partial charge in [0.15, 0.2) is 0 Å². The van der Waals surface area contributed by atoms with Gasteiger partial charge in [0.2, 0.25) is 0 Å². The van der Waals surface area contributed by atoms with E-state index in [1.54, 1.807) is 0 Å². The summed E-state index contributed by atoms with van der Waals surface area (Å²) in [5.41, 5.74) is 1.37. The van der Waals surface area contributed by atoms with Crippen LogP contribution in [-0.4, -0.2) is 43.7 Å². The largest absolute Gasteiger partial charge is 0.488 e. The summed E-state index contributed by atoms with van der Waals surface area (Å²) in [4.78, 5) is 2.58. The number of nitrogens with one attached hydrogen (secondary N) is 1. The highest BCUT2D eigenvalue weighted by molar-refractivity contribution is 5.37. The van der Waals surface area contributed by atoms with Crippen molar-refractivity contribution in [3.63, 3.8) is 0 Å². The van der Waals surface area contributed by atoms with Gasteiger partial charge < -0.3 is 10.1 Å². The molecule has 110 valence electrons. The maximum Gasteiger partial charge on any atom is 0.123 e. The van der Waals surface area contributed by atoms with Crippen LogP contribution < -0.4 is 10.1 Å². The van der Waals surface area contributed by atoms with E-state index in [0.29, 0.717) is 6.10 Å². The van der Waals surface area contributed by atoms with Crippen molar-refractivity contribution >= 4 is 0 Å². The van der Waals surface area contributed by atoms with Crippen molar-refractivity contribution in [2.75, 3.05) is 32.7 Å². The van der Waals surface area contributed by atoms with Gasteiger partial charge in [-0.05, 0) is 56.6 Å². The molecule has 0 aliphatic carbocycles. The van der Waals surface area contributed by atoms with Gasteiger partial charge in [-0.15, -0.1) is 0 Å². The monoisotopic (exact) mass is 274 g/mol. The van der Waals surface area contributed by atoms with E-state index in [4.69, 9.17) is 4.74 Å². The molecule has 2 aliphatic heterocycles. The van der Waals surface area contributed by atoms with Crippen molar-refractivity contribution in [3.8, 4) is 5.75 Å². The smallest absolute Gasteiger partial charge is 0.123 e. The number of benzene rings is 1. The number of piperidine rings is 1. The van der Waals surface area contributed by atoms with Gasteiger partial charge in [-0.2, -0.15) is 0 Å². The fourth-order valence-corrected chi connectivity index (χ4v) is 3.37. The third-order valence-electron chi connectivity index (χ3n) is 4.57. The van der Waals surface area contributed by atoms with Crippen LogP contribution in [0.15, 0.2) is 24.3 Å². The Balaban J connectivity index is 1.43. The number of likely N-dealkylation sites (tertiary alicyclic amines) is 1. The Morgan fingerprint density at radius 1 is 1.25 bits per heavy atom. The van der Waals surface area contributed by atoms with Crippen molar-refractivity contribution in [1.29, 1.82) is 0 Å². The zero-order chi connectivity index (χ0) is 13.8. The molecule has 20 heavy (non-hydrogen) atoms. The molecule has 1 unspecified atom stereocenters. The maximum absolute atomic E-state index is 6.05. The molecule has 3 rings (SSSR count). The van der Waals surface area contributed by atoms with Gasteiger partial charge in [0.05, 0.1) is 0 Å². The van der Waals surface area contributed by atoms with Crippen LogP contribution in [0.5, 0.6) is 5.75 Å². The normalized spacial score (nSPS) is 23.6. The standard InChI is InChI=1S/C17H26N2O/c1-2-18-12-14-7-9-19(10-8-14)13-16-11-15-5-3-4-6-17(15)20-16/h3-6,14,16,18H,2,7-13H2,1H3. The lowest BCUT2D eigenvalue weighted by Crippen LogP contribution is -2.42. The van der Waals surface area contributed by atoms with Gasteiger partial charge in [-0.3, -0.25) is 4.90 Å². The summed E-state index contributed by atoms with van der Waals surface area (Å²) in [6.45, 7) is 8.01. The predicted octanol–water partition coefficient (Wildman–Crippen LogP) is 2.31. The summed E-state index contributed by atoms with van der Waals surface area (Å²) in [5.74, 6) is 1.97. The molecule has 1 atom stereocenters. The number of para-hydroxylation sites is 1. The first-order chi connectivity index (χ1) is 9.85. The number of nitrogens with zero attached hydrogens (tertiary/aromatic N) is 1. The average molecular weight is 274 g/mol. The maximum atomic E-state index is 6.05. The van der Waals surface area contributed by atoms with Crippen LogP contribution in [0.25, 0.3) is 0 Å². The summed E-state index contributed by atoms with van der Waals surface area (Å²) in [5, 5.41) is 3.47. The van der Waals surface area contributed by atoms with E-state index in [1.165, 1.54) is 38.0 Å². The summed E-state index contributed by atoms with van der Waals surface area (Å²) in [6, 6.07) is 8.46. The zero-order valence-electron chi connectivity index (χ0n) is 12.5. The Labute approximate surface area is 122 Å². The lowest BCUT2D eigenvalue weighted by Gasteiger charge is -2.33. The second kappa shape index (κ2) is 6.59. The molecule has 0 amide bonds. The minimum absolute atomic E-state index is 0.359. The molecule has 2 aliphatic rings. The van der Waals surface area contributed by atoms with E-state index in [2.05, 4.69) is 41.4 Å². The van der Waals surface area contributed by atoms with E-state index in [1.807, 2.05) is 0 Å². The summed E-state index contributed by atoms with van der Waals surface area (Å²) in [7, 11) is 0. The van der Waals surface area contributed by atoms with Crippen LogP contribution in [0, 0.1) is 5.92 Å². The summed E-state index contributed by atoms with van der Waals surface area (Å²) in [6.07, 6.45) is 4.09. The number of rotatable bonds is 5. The first-order valence-corrected chi connectivity index (χ1v) is 8.02. The molecule has 3 nitrogen and oxygen atoms in total. The quantitative estimate of drug-likeness (QED) is 0.892. The zero-order valence-corrected chi connectivity index (χ0v) is 12.5.